The predicted molar refractivity (Wildman–Crippen MR) is 52.0 cm³/mol. The van der Waals surface area contributed by atoms with Gasteiger partial charge in [-0.3, -0.25) is 0 Å². The molecule has 0 unspecified atom stereocenters. The number of nitrogens with zero attached hydrogens (tertiary/aromatic N) is 1. The van der Waals surface area contributed by atoms with Crippen LogP contribution in [0.1, 0.15) is 0 Å². The smallest absolute Gasteiger partial charge is 0.375 e. The largest absolute Gasteiger partial charge is 0.384 e. The second-order valence-corrected chi connectivity index (χ2v) is 2.51. The summed E-state index contributed by atoms with van der Waals surface area (Å²) in [5.74, 6) is 3.14. The third-order valence-electron chi connectivity index (χ3n) is 1.88. The van der Waals surface area contributed by atoms with Crippen molar-refractivity contribution in [2.75, 3.05) is 21.1 Å². The van der Waals surface area contributed by atoms with Crippen LogP contribution >= 0.6 is 0 Å². The Hall–Kier alpha value is -0.935. The molecule has 1 aliphatic rings. The first kappa shape index (κ1) is 9.16. The highest BCUT2D eigenvalue weighted by molar-refractivity contribution is 6.59. The molecule has 3 N–H and O–H groups in total. The van der Waals surface area contributed by atoms with E-state index in [0.717, 1.165) is 5.82 Å². The Bertz CT molecular complexity index is 202. The van der Waals surface area contributed by atoms with Crippen molar-refractivity contribution in [1.29, 1.82) is 0 Å². The van der Waals surface area contributed by atoms with E-state index in [2.05, 4.69) is 21.9 Å². The van der Waals surface area contributed by atoms with Crippen molar-refractivity contribution < 1.29 is 0 Å². The van der Waals surface area contributed by atoms with Gasteiger partial charge in [-0.25, -0.2) is 5.43 Å². The summed E-state index contributed by atoms with van der Waals surface area (Å²) in [6, 6.07) is 0. The van der Waals surface area contributed by atoms with Crippen molar-refractivity contribution in [3.8, 4) is 0 Å². The third kappa shape index (κ3) is 1.62. The van der Waals surface area contributed by atoms with Crippen LogP contribution in [0.25, 0.3) is 0 Å². The van der Waals surface area contributed by atoms with Gasteiger partial charge >= 0.3 is 6.98 Å². The maximum absolute atomic E-state index is 3.16. The second kappa shape index (κ2) is 4.18. The van der Waals surface area contributed by atoms with Crippen molar-refractivity contribution in [2.45, 2.75) is 0 Å². The first-order valence-corrected chi connectivity index (χ1v) is 4.03. The topological polar surface area (TPSA) is 39.3 Å². The van der Waals surface area contributed by atoms with Crippen molar-refractivity contribution in [3.63, 3.8) is 0 Å². The summed E-state index contributed by atoms with van der Waals surface area (Å²) in [5, 5.41) is 6.27. The molecule has 0 aromatic carbocycles. The van der Waals surface area contributed by atoms with Gasteiger partial charge in [-0.15, -0.1) is 0 Å². The van der Waals surface area contributed by atoms with E-state index in [9.17, 15) is 0 Å². The van der Waals surface area contributed by atoms with Gasteiger partial charge in [0.2, 0.25) is 0 Å². The third-order valence-corrected chi connectivity index (χ3v) is 1.88. The van der Waals surface area contributed by atoms with Crippen LogP contribution in [0.5, 0.6) is 0 Å². The maximum Gasteiger partial charge on any atom is 0.384 e. The molecular formula is C7H15BN4. The molecule has 0 amide bonds. The molecule has 0 spiro atoms. The molecule has 0 aromatic heterocycles. The summed E-state index contributed by atoms with van der Waals surface area (Å²) < 4.78 is 0. The van der Waals surface area contributed by atoms with E-state index >= 15 is 0 Å². The average Bonchev–Trinajstić information content (AvgIpc) is 2.16. The Morgan fingerprint density at radius 3 is 2.58 bits per heavy atom. The minimum absolute atomic E-state index is 0.211. The summed E-state index contributed by atoms with van der Waals surface area (Å²) in [7, 11) is 5.73. The summed E-state index contributed by atoms with van der Waals surface area (Å²) in [6.45, 7) is 0.211. The predicted octanol–water partition coefficient (Wildman–Crippen LogP) is -0.700. The normalized spacial score (nSPS) is 16.4. The first-order valence-electron chi connectivity index (χ1n) is 4.03. The molecule has 0 aliphatic carbocycles. The van der Waals surface area contributed by atoms with E-state index in [1.807, 2.05) is 38.2 Å². The molecule has 1 heterocycles. The Morgan fingerprint density at radius 2 is 2.08 bits per heavy atom. The lowest BCUT2D eigenvalue weighted by Crippen LogP contribution is -2.55. The lowest BCUT2D eigenvalue weighted by Gasteiger charge is -2.31. The summed E-state index contributed by atoms with van der Waals surface area (Å²) in [6.07, 6.45) is 4.05. The highest BCUT2D eigenvalue weighted by atomic mass is 15.5. The van der Waals surface area contributed by atoms with Crippen LogP contribution in [0.15, 0.2) is 23.9 Å². The Kier molecular flexibility index (Phi) is 3.19. The van der Waals surface area contributed by atoms with E-state index in [0.29, 0.717) is 0 Å². The van der Waals surface area contributed by atoms with Gasteiger partial charge in [-0.05, 0) is 13.1 Å². The average molecular weight is 166 g/mol. The quantitative estimate of drug-likeness (QED) is 0.485. The molecule has 0 fully saturated rings. The lowest BCUT2D eigenvalue weighted by atomic mass is 9.74. The van der Waals surface area contributed by atoms with E-state index < -0.39 is 0 Å². The molecule has 66 valence electrons. The van der Waals surface area contributed by atoms with Crippen LogP contribution in [0, 0.1) is 0 Å². The fourth-order valence-electron chi connectivity index (χ4n) is 1.26. The molecular weight excluding hydrogens is 151 g/mol. The highest BCUT2D eigenvalue weighted by Gasteiger charge is 2.22. The monoisotopic (exact) mass is 166 g/mol. The molecule has 0 bridgehead atoms. The molecule has 4 nitrogen and oxygen atoms in total. The Balaban J connectivity index is 2.73. The van der Waals surface area contributed by atoms with Gasteiger partial charge in [0.05, 0.1) is 0 Å². The molecule has 0 atom stereocenters. The fraction of sp³-hybridized carbons (Fsp3) is 0.429. The fourth-order valence-corrected chi connectivity index (χ4v) is 1.26. The summed E-state index contributed by atoms with van der Waals surface area (Å²) >= 11 is 0. The first-order chi connectivity index (χ1) is 5.83. The van der Waals surface area contributed by atoms with Gasteiger partial charge in [0.15, 0.2) is 0 Å². The molecule has 0 aromatic rings. The van der Waals surface area contributed by atoms with Crippen LogP contribution in [-0.2, 0) is 0 Å². The molecule has 1 aliphatic heterocycles. The summed E-state index contributed by atoms with van der Waals surface area (Å²) in [4.78, 5) is 2.01. The molecule has 0 saturated carbocycles. The van der Waals surface area contributed by atoms with Gasteiger partial charge in [-0.1, -0.05) is 12.1 Å². The SMILES string of the molecule is CNB1C=CC=C(NC)N1NC. The van der Waals surface area contributed by atoms with Gasteiger partial charge < -0.3 is 15.5 Å². The molecule has 1 rings (SSSR count). The number of rotatable bonds is 3. The summed E-state index contributed by atoms with van der Waals surface area (Å²) in [5.41, 5.74) is 3.09. The molecule has 5 heteroatoms. The maximum atomic E-state index is 3.16. The van der Waals surface area contributed by atoms with Gasteiger partial charge in [0.1, 0.15) is 5.82 Å². The number of hydrazine groups is 1. The minimum Gasteiger partial charge on any atom is -0.375 e. The number of hydrogen-bond donors (Lipinski definition) is 3. The van der Waals surface area contributed by atoms with Crippen LogP contribution in [0.3, 0.4) is 0 Å². The van der Waals surface area contributed by atoms with E-state index in [-0.39, 0.29) is 6.98 Å². The van der Waals surface area contributed by atoms with Crippen molar-refractivity contribution >= 4 is 6.98 Å². The Morgan fingerprint density at radius 1 is 1.33 bits per heavy atom. The van der Waals surface area contributed by atoms with Crippen molar-refractivity contribution in [1.82, 2.24) is 20.9 Å². The number of allylic oxidation sites excluding steroid dienone is 2. The van der Waals surface area contributed by atoms with Gasteiger partial charge in [-0.2, -0.15) is 0 Å². The van der Waals surface area contributed by atoms with Crippen LogP contribution in [-0.4, -0.2) is 33.0 Å². The van der Waals surface area contributed by atoms with Crippen molar-refractivity contribution in [2.24, 2.45) is 0 Å². The zero-order chi connectivity index (χ0) is 8.97. The molecule has 0 radical (unpaired) electrons. The van der Waals surface area contributed by atoms with Crippen LogP contribution < -0.4 is 16.0 Å². The van der Waals surface area contributed by atoms with Gasteiger partial charge in [0.25, 0.3) is 0 Å². The standard InChI is InChI=1S/C7H15BN4/c1-9-7-5-4-6-8(10-2)12(7)11-3/h4-6,9-11H,1-3H3. The molecule has 12 heavy (non-hydrogen) atoms. The van der Waals surface area contributed by atoms with Gasteiger partial charge in [0, 0.05) is 14.1 Å². The van der Waals surface area contributed by atoms with E-state index in [1.165, 1.54) is 0 Å². The van der Waals surface area contributed by atoms with Crippen LogP contribution in [0.4, 0.5) is 0 Å². The number of nitrogens with one attached hydrogen (secondary N) is 3. The lowest BCUT2D eigenvalue weighted by molar-refractivity contribution is 0.402. The van der Waals surface area contributed by atoms with Crippen LogP contribution in [0.2, 0.25) is 0 Å². The molecule has 0 saturated heterocycles. The van der Waals surface area contributed by atoms with E-state index in [1.54, 1.807) is 0 Å². The highest BCUT2D eigenvalue weighted by Crippen LogP contribution is 2.04. The second-order valence-electron chi connectivity index (χ2n) is 2.51. The zero-order valence-electron chi connectivity index (χ0n) is 7.76. The number of hydrogen-bond acceptors (Lipinski definition) is 4. The van der Waals surface area contributed by atoms with E-state index in [4.69, 9.17) is 0 Å². The van der Waals surface area contributed by atoms with Crippen molar-refractivity contribution in [3.05, 3.63) is 23.9 Å². The minimum atomic E-state index is 0.211. The zero-order valence-corrected chi connectivity index (χ0v) is 7.76. The Labute approximate surface area is 73.8 Å².